The van der Waals surface area contributed by atoms with Gasteiger partial charge in [0.05, 0.1) is 12.7 Å². The van der Waals surface area contributed by atoms with Crippen LogP contribution in [0.25, 0.3) is 5.57 Å². The Morgan fingerprint density at radius 2 is 2.12 bits per heavy atom. The number of aryl methyl sites for hydroxylation is 1. The Hall–Kier alpha value is -1.71. The molecule has 0 spiro atoms. The van der Waals surface area contributed by atoms with Crippen LogP contribution in [0.4, 0.5) is 0 Å². The zero-order valence-electron chi connectivity index (χ0n) is 15.2. The molecule has 1 aromatic carbocycles. The Kier molecular flexibility index (Phi) is 6.14. The number of ketones is 1. The standard InChI is InChI=1S/C21H28O3/c1-6-8-17(7-2)20-10-9-15(3)11-18(20)14-24-19-12-21(13-19,23-5)16(4)22/h6-7,9-11,19H,1,8,12-14H2,2-5H3/b17-7+. The van der Waals surface area contributed by atoms with Crippen molar-refractivity contribution in [2.24, 2.45) is 0 Å². The molecule has 0 unspecified atom stereocenters. The number of ether oxygens (including phenoxy) is 2. The van der Waals surface area contributed by atoms with Crippen LogP contribution in [0.1, 0.15) is 49.8 Å². The van der Waals surface area contributed by atoms with E-state index in [4.69, 9.17) is 9.47 Å². The third-order valence-corrected chi connectivity index (χ3v) is 4.94. The van der Waals surface area contributed by atoms with Gasteiger partial charge in [-0.1, -0.05) is 35.9 Å². The number of carbonyl (C=O) groups excluding carboxylic acids is 1. The van der Waals surface area contributed by atoms with Gasteiger partial charge in [-0.2, -0.15) is 0 Å². The van der Waals surface area contributed by atoms with Crippen molar-refractivity contribution in [1.29, 1.82) is 0 Å². The Balaban J connectivity index is 2.07. The average Bonchev–Trinajstić information content (AvgIpc) is 2.52. The van der Waals surface area contributed by atoms with Gasteiger partial charge in [0, 0.05) is 20.0 Å². The van der Waals surface area contributed by atoms with Crippen LogP contribution in [0.3, 0.4) is 0 Å². The minimum absolute atomic E-state index is 0.0793. The van der Waals surface area contributed by atoms with Gasteiger partial charge in [0.15, 0.2) is 5.78 Å². The molecular weight excluding hydrogens is 300 g/mol. The van der Waals surface area contributed by atoms with Crippen molar-refractivity contribution in [3.8, 4) is 0 Å². The number of allylic oxidation sites excluding steroid dienone is 3. The van der Waals surface area contributed by atoms with E-state index in [0.717, 1.165) is 6.42 Å². The van der Waals surface area contributed by atoms with Crippen molar-refractivity contribution < 1.29 is 14.3 Å². The lowest BCUT2D eigenvalue weighted by molar-refractivity contribution is -0.177. The molecular formula is C21H28O3. The van der Waals surface area contributed by atoms with E-state index in [-0.39, 0.29) is 11.9 Å². The maximum atomic E-state index is 11.7. The van der Waals surface area contributed by atoms with E-state index in [0.29, 0.717) is 19.4 Å². The molecule has 0 radical (unpaired) electrons. The number of hydrogen-bond donors (Lipinski definition) is 0. The van der Waals surface area contributed by atoms with E-state index in [2.05, 4.69) is 44.7 Å². The second-order valence-electron chi connectivity index (χ2n) is 6.56. The summed E-state index contributed by atoms with van der Waals surface area (Å²) in [6.07, 6.45) is 6.26. The van der Waals surface area contributed by atoms with E-state index in [1.54, 1.807) is 14.0 Å². The van der Waals surface area contributed by atoms with Crippen LogP contribution < -0.4 is 0 Å². The minimum atomic E-state index is -0.628. The van der Waals surface area contributed by atoms with Gasteiger partial charge in [0.2, 0.25) is 0 Å². The van der Waals surface area contributed by atoms with Crippen LogP contribution in [-0.2, 0) is 20.9 Å². The Bertz CT molecular complexity index is 636. The molecule has 0 amide bonds. The molecule has 0 aromatic heterocycles. The SMILES string of the molecule is C=CC/C(=C\C)c1ccc(C)cc1COC1CC(OC)(C(C)=O)C1. The van der Waals surface area contributed by atoms with Gasteiger partial charge >= 0.3 is 0 Å². The average molecular weight is 328 g/mol. The summed E-state index contributed by atoms with van der Waals surface area (Å²) in [4.78, 5) is 11.7. The monoisotopic (exact) mass is 328 g/mol. The van der Waals surface area contributed by atoms with E-state index < -0.39 is 5.60 Å². The fourth-order valence-corrected chi connectivity index (χ4v) is 3.29. The van der Waals surface area contributed by atoms with Crippen molar-refractivity contribution >= 4 is 11.4 Å². The molecule has 2 rings (SSSR count). The highest BCUT2D eigenvalue weighted by molar-refractivity contribution is 5.86. The highest BCUT2D eigenvalue weighted by atomic mass is 16.5. The summed E-state index contributed by atoms with van der Waals surface area (Å²) < 4.78 is 11.5. The molecule has 0 bridgehead atoms. The van der Waals surface area contributed by atoms with Gasteiger partial charge in [0.25, 0.3) is 0 Å². The summed E-state index contributed by atoms with van der Waals surface area (Å²) in [6, 6.07) is 6.46. The molecule has 0 heterocycles. The van der Waals surface area contributed by atoms with Gasteiger partial charge in [-0.15, -0.1) is 6.58 Å². The summed E-state index contributed by atoms with van der Waals surface area (Å²) >= 11 is 0. The minimum Gasteiger partial charge on any atom is -0.373 e. The third kappa shape index (κ3) is 3.85. The number of benzene rings is 1. The first kappa shape index (κ1) is 18.6. The first-order chi connectivity index (χ1) is 11.5. The molecule has 0 N–H and O–H groups in total. The molecule has 0 aliphatic heterocycles. The van der Waals surface area contributed by atoms with Gasteiger partial charge in [0.1, 0.15) is 5.60 Å². The maximum absolute atomic E-state index is 11.7. The number of Topliss-reactive ketones (excluding diaryl/α,β-unsaturated/α-hetero) is 1. The molecule has 1 saturated carbocycles. The summed E-state index contributed by atoms with van der Waals surface area (Å²) in [7, 11) is 1.60. The quantitative estimate of drug-likeness (QED) is 0.653. The lowest BCUT2D eigenvalue weighted by Crippen LogP contribution is -2.54. The van der Waals surface area contributed by atoms with E-state index >= 15 is 0 Å². The largest absolute Gasteiger partial charge is 0.373 e. The van der Waals surface area contributed by atoms with E-state index in [1.807, 2.05) is 6.08 Å². The molecule has 1 aliphatic carbocycles. The van der Waals surface area contributed by atoms with Crippen molar-refractivity contribution in [1.82, 2.24) is 0 Å². The predicted molar refractivity (Wildman–Crippen MR) is 97.9 cm³/mol. The van der Waals surface area contributed by atoms with Crippen LogP contribution in [0.2, 0.25) is 0 Å². The second kappa shape index (κ2) is 7.91. The molecule has 0 saturated heterocycles. The summed E-state index contributed by atoms with van der Waals surface area (Å²) in [5, 5.41) is 0. The smallest absolute Gasteiger partial charge is 0.161 e. The van der Waals surface area contributed by atoms with Gasteiger partial charge < -0.3 is 9.47 Å². The van der Waals surface area contributed by atoms with Crippen molar-refractivity contribution in [2.75, 3.05) is 7.11 Å². The predicted octanol–water partition coefficient (Wildman–Crippen LogP) is 4.63. The highest BCUT2D eigenvalue weighted by Gasteiger charge is 2.49. The first-order valence-electron chi connectivity index (χ1n) is 8.49. The van der Waals surface area contributed by atoms with Crippen LogP contribution in [0, 0.1) is 6.92 Å². The van der Waals surface area contributed by atoms with Gasteiger partial charge in [-0.3, -0.25) is 4.79 Å². The maximum Gasteiger partial charge on any atom is 0.161 e. The molecule has 24 heavy (non-hydrogen) atoms. The molecule has 3 heteroatoms. The lowest BCUT2D eigenvalue weighted by Gasteiger charge is -2.44. The first-order valence-corrected chi connectivity index (χ1v) is 8.49. The molecule has 3 nitrogen and oxygen atoms in total. The molecule has 1 fully saturated rings. The van der Waals surface area contributed by atoms with E-state index in [9.17, 15) is 4.79 Å². The van der Waals surface area contributed by atoms with Crippen molar-refractivity contribution in [3.63, 3.8) is 0 Å². The zero-order valence-corrected chi connectivity index (χ0v) is 15.2. The third-order valence-electron chi connectivity index (χ3n) is 4.94. The summed E-state index contributed by atoms with van der Waals surface area (Å²) in [5.41, 5.74) is 4.24. The van der Waals surface area contributed by atoms with Crippen molar-refractivity contribution in [2.45, 2.75) is 58.3 Å². The Morgan fingerprint density at radius 1 is 1.42 bits per heavy atom. The second-order valence-corrected chi connectivity index (χ2v) is 6.56. The lowest BCUT2D eigenvalue weighted by atomic mass is 9.74. The van der Waals surface area contributed by atoms with Crippen LogP contribution in [-0.4, -0.2) is 24.6 Å². The fraction of sp³-hybridized carbons (Fsp3) is 0.476. The fourth-order valence-electron chi connectivity index (χ4n) is 3.29. The zero-order chi connectivity index (χ0) is 17.7. The number of carbonyl (C=O) groups is 1. The Labute approximate surface area is 145 Å². The molecule has 0 atom stereocenters. The Morgan fingerprint density at radius 3 is 2.67 bits per heavy atom. The molecule has 1 aliphatic rings. The topological polar surface area (TPSA) is 35.5 Å². The summed E-state index contributed by atoms with van der Waals surface area (Å²) in [6.45, 7) is 10.1. The van der Waals surface area contributed by atoms with Crippen LogP contribution >= 0.6 is 0 Å². The van der Waals surface area contributed by atoms with Gasteiger partial charge in [-0.25, -0.2) is 0 Å². The highest BCUT2D eigenvalue weighted by Crippen LogP contribution is 2.39. The molecule has 130 valence electrons. The number of methoxy groups -OCH3 is 1. The van der Waals surface area contributed by atoms with Crippen LogP contribution in [0.15, 0.2) is 36.9 Å². The van der Waals surface area contributed by atoms with Crippen molar-refractivity contribution in [3.05, 3.63) is 53.6 Å². The number of hydrogen-bond acceptors (Lipinski definition) is 3. The number of rotatable bonds is 8. The van der Waals surface area contributed by atoms with Crippen LogP contribution in [0.5, 0.6) is 0 Å². The summed E-state index contributed by atoms with van der Waals surface area (Å²) in [5.74, 6) is 0.0864. The van der Waals surface area contributed by atoms with Gasteiger partial charge in [-0.05, 0) is 43.9 Å². The normalized spacial score (nSPS) is 23.7. The van der Waals surface area contributed by atoms with E-state index in [1.165, 1.54) is 22.3 Å². The molecule has 1 aromatic rings.